The van der Waals surface area contributed by atoms with Crippen molar-refractivity contribution in [1.82, 2.24) is 10.8 Å². The van der Waals surface area contributed by atoms with Crippen molar-refractivity contribution in [3.05, 3.63) is 35.6 Å². The van der Waals surface area contributed by atoms with Gasteiger partial charge in [-0.3, -0.25) is 14.4 Å². The Labute approximate surface area is 120 Å². The van der Waals surface area contributed by atoms with Gasteiger partial charge in [0.15, 0.2) is 0 Å². The van der Waals surface area contributed by atoms with Gasteiger partial charge in [0.2, 0.25) is 5.91 Å². The van der Waals surface area contributed by atoms with Crippen LogP contribution in [0, 0.1) is 5.82 Å². The Hall–Kier alpha value is -1.60. The summed E-state index contributed by atoms with van der Waals surface area (Å²) in [6.07, 6.45) is 0.307. The van der Waals surface area contributed by atoms with Crippen LogP contribution >= 0.6 is 11.8 Å². The number of carbonyl (C=O) groups is 2. The minimum Gasteiger partial charge on any atom is -0.342 e. The Morgan fingerprint density at radius 1 is 1.55 bits per heavy atom. The third-order valence-electron chi connectivity index (χ3n) is 2.96. The summed E-state index contributed by atoms with van der Waals surface area (Å²) in [5.74, 6) is -0.543. The van der Waals surface area contributed by atoms with Gasteiger partial charge in [0.05, 0.1) is 12.4 Å². The van der Waals surface area contributed by atoms with Gasteiger partial charge in [0, 0.05) is 5.75 Å². The second-order valence-electron chi connectivity index (χ2n) is 4.35. The van der Waals surface area contributed by atoms with Crippen molar-refractivity contribution in [2.24, 2.45) is 0 Å². The highest BCUT2D eigenvalue weighted by molar-refractivity contribution is 8.00. The highest BCUT2D eigenvalue weighted by Crippen LogP contribution is 2.23. The van der Waals surface area contributed by atoms with Crippen LogP contribution < -0.4 is 10.8 Å². The Morgan fingerprint density at radius 3 is 2.95 bits per heavy atom. The average Bonchev–Trinajstić information content (AvgIpc) is 2.43. The van der Waals surface area contributed by atoms with Crippen molar-refractivity contribution in [2.75, 3.05) is 12.9 Å². The summed E-state index contributed by atoms with van der Waals surface area (Å²) in [7, 11) is 1.33. The maximum Gasteiger partial charge on any atom is 0.266 e. The minimum absolute atomic E-state index is 0.263. The summed E-state index contributed by atoms with van der Waals surface area (Å²) in [5, 5.41) is 2.23. The topological polar surface area (TPSA) is 67.4 Å². The number of thioether (sulfide) groups is 1. The van der Waals surface area contributed by atoms with E-state index in [0.29, 0.717) is 17.7 Å². The molecule has 7 heteroatoms. The van der Waals surface area contributed by atoms with E-state index < -0.39 is 17.2 Å². The highest BCUT2D eigenvalue weighted by Gasteiger charge is 2.32. The van der Waals surface area contributed by atoms with Crippen LogP contribution in [0.1, 0.15) is 5.56 Å². The molecule has 0 bridgehead atoms. The van der Waals surface area contributed by atoms with Crippen LogP contribution in [0.4, 0.5) is 4.39 Å². The van der Waals surface area contributed by atoms with Crippen LogP contribution in [-0.2, 0) is 20.8 Å². The van der Waals surface area contributed by atoms with E-state index in [4.69, 9.17) is 0 Å². The van der Waals surface area contributed by atoms with Crippen molar-refractivity contribution in [2.45, 2.75) is 17.7 Å². The number of hydrogen-bond donors (Lipinski definition) is 2. The van der Waals surface area contributed by atoms with E-state index >= 15 is 0 Å². The molecule has 0 unspecified atom stereocenters. The molecule has 2 rings (SSSR count). The quantitative estimate of drug-likeness (QED) is 0.801. The molecule has 0 saturated carbocycles. The van der Waals surface area contributed by atoms with Gasteiger partial charge < -0.3 is 5.32 Å². The van der Waals surface area contributed by atoms with Crippen LogP contribution in [0.25, 0.3) is 0 Å². The lowest BCUT2D eigenvalue weighted by molar-refractivity contribution is -0.136. The van der Waals surface area contributed by atoms with Gasteiger partial charge in [0.25, 0.3) is 5.91 Å². The average molecular weight is 298 g/mol. The maximum atomic E-state index is 13.6. The molecule has 1 aromatic rings. The molecule has 0 aromatic heterocycles. The first-order valence-electron chi connectivity index (χ1n) is 6.10. The summed E-state index contributed by atoms with van der Waals surface area (Å²) in [5.41, 5.74) is 2.68. The summed E-state index contributed by atoms with van der Waals surface area (Å²) in [6.45, 7) is 0. The lowest BCUT2D eigenvalue weighted by Crippen LogP contribution is -2.54. The second kappa shape index (κ2) is 6.71. The van der Waals surface area contributed by atoms with Crippen LogP contribution in [0.5, 0.6) is 0 Å². The Kier molecular flexibility index (Phi) is 4.97. The molecule has 2 atom stereocenters. The Balaban J connectivity index is 1.95. The number of hydroxylamine groups is 1. The van der Waals surface area contributed by atoms with Gasteiger partial charge >= 0.3 is 0 Å². The molecule has 1 saturated heterocycles. The smallest absolute Gasteiger partial charge is 0.266 e. The van der Waals surface area contributed by atoms with Crippen LogP contribution in [0.15, 0.2) is 24.3 Å². The number of hydrogen-bond acceptors (Lipinski definition) is 4. The molecule has 0 spiro atoms. The van der Waals surface area contributed by atoms with Gasteiger partial charge in [-0.25, -0.2) is 9.87 Å². The maximum absolute atomic E-state index is 13.6. The fourth-order valence-corrected chi connectivity index (χ4v) is 3.10. The summed E-state index contributed by atoms with van der Waals surface area (Å²) < 4.78 is 13.6. The predicted molar refractivity (Wildman–Crippen MR) is 73.4 cm³/mol. The number of nitrogens with one attached hydrogen (secondary N) is 2. The largest absolute Gasteiger partial charge is 0.342 e. The van der Waals surface area contributed by atoms with Crippen molar-refractivity contribution in [3.63, 3.8) is 0 Å². The van der Waals surface area contributed by atoms with Gasteiger partial charge in [-0.05, 0) is 18.1 Å². The molecular formula is C13H15FN2O3S. The minimum atomic E-state index is -0.621. The molecule has 2 amide bonds. The highest BCUT2D eigenvalue weighted by atomic mass is 32.2. The van der Waals surface area contributed by atoms with E-state index in [9.17, 15) is 14.0 Å². The van der Waals surface area contributed by atoms with Crippen LogP contribution in [-0.4, -0.2) is 36.0 Å². The first-order chi connectivity index (χ1) is 9.61. The van der Waals surface area contributed by atoms with Gasteiger partial charge in [-0.15, -0.1) is 11.8 Å². The lowest BCUT2D eigenvalue weighted by atomic mass is 10.1. The zero-order valence-corrected chi connectivity index (χ0v) is 11.7. The van der Waals surface area contributed by atoms with Crippen molar-refractivity contribution < 1.29 is 18.8 Å². The van der Waals surface area contributed by atoms with Gasteiger partial charge in [-0.1, -0.05) is 18.2 Å². The molecule has 5 nitrogen and oxygen atoms in total. The molecule has 1 aliphatic heterocycles. The van der Waals surface area contributed by atoms with Crippen LogP contribution in [0.3, 0.4) is 0 Å². The van der Waals surface area contributed by atoms with E-state index in [0.717, 1.165) is 0 Å². The lowest BCUT2D eigenvalue weighted by Gasteiger charge is -2.27. The zero-order valence-electron chi connectivity index (χ0n) is 10.9. The summed E-state index contributed by atoms with van der Waals surface area (Å²) >= 11 is 1.34. The van der Waals surface area contributed by atoms with Gasteiger partial charge in [0.1, 0.15) is 11.9 Å². The number of benzene rings is 1. The third kappa shape index (κ3) is 3.49. The van der Waals surface area contributed by atoms with Crippen molar-refractivity contribution >= 4 is 23.6 Å². The molecule has 1 heterocycles. The van der Waals surface area contributed by atoms with E-state index in [1.807, 2.05) is 0 Å². The number of amides is 2. The second-order valence-corrected chi connectivity index (χ2v) is 5.58. The number of carbonyl (C=O) groups excluding carboxylic acids is 2. The molecule has 1 aliphatic rings. The van der Waals surface area contributed by atoms with E-state index in [1.165, 1.54) is 24.9 Å². The molecule has 2 N–H and O–H groups in total. The number of halogens is 1. The Morgan fingerprint density at radius 2 is 2.30 bits per heavy atom. The van der Waals surface area contributed by atoms with E-state index in [-0.39, 0.29) is 11.7 Å². The predicted octanol–water partition coefficient (Wildman–Crippen LogP) is 0.646. The van der Waals surface area contributed by atoms with Crippen molar-refractivity contribution in [3.8, 4) is 0 Å². The standard InChI is InChI=1S/C13H15FN2O3S/c1-19-16-12(17)10-7-20-11(13(18)15-10)6-8-4-2-3-5-9(8)14/h2-5,10-11H,6-7H2,1H3,(H,15,18)(H,16,17)/t10-,11-/m1/s1. The molecule has 20 heavy (non-hydrogen) atoms. The van der Waals surface area contributed by atoms with Gasteiger partial charge in [-0.2, -0.15) is 0 Å². The molecule has 0 aliphatic carbocycles. The monoisotopic (exact) mass is 298 g/mol. The normalized spacial score (nSPS) is 22.2. The summed E-state index contributed by atoms with van der Waals surface area (Å²) in [6, 6.07) is 5.75. The van der Waals surface area contributed by atoms with E-state index in [1.54, 1.807) is 18.2 Å². The first kappa shape index (κ1) is 14.8. The summed E-state index contributed by atoms with van der Waals surface area (Å²) in [4.78, 5) is 28.0. The first-order valence-corrected chi connectivity index (χ1v) is 7.15. The Bertz CT molecular complexity index is 512. The fourth-order valence-electron chi connectivity index (χ4n) is 1.92. The van der Waals surface area contributed by atoms with Crippen molar-refractivity contribution in [1.29, 1.82) is 0 Å². The zero-order chi connectivity index (χ0) is 14.5. The molecule has 0 radical (unpaired) electrons. The molecular weight excluding hydrogens is 283 g/mol. The molecule has 108 valence electrons. The van der Waals surface area contributed by atoms with Crippen LogP contribution in [0.2, 0.25) is 0 Å². The molecule has 1 fully saturated rings. The SMILES string of the molecule is CONC(=O)[C@H]1CS[C@H](Cc2ccccc2F)C(=O)N1. The van der Waals surface area contributed by atoms with E-state index in [2.05, 4.69) is 15.6 Å². The number of rotatable bonds is 4. The third-order valence-corrected chi connectivity index (χ3v) is 4.26. The fraction of sp³-hybridized carbons (Fsp3) is 0.385. The molecule has 1 aromatic carbocycles.